The minimum Gasteiger partial charge on any atom is -0.360 e. The van der Waals surface area contributed by atoms with Crippen molar-refractivity contribution in [2.45, 2.75) is 6.92 Å². The summed E-state index contributed by atoms with van der Waals surface area (Å²) >= 11 is 1.76. The van der Waals surface area contributed by atoms with Crippen LogP contribution in [0.3, 0.4) is 0 Å². The highest BCUT2D eigenvalue weighted by Gasteiger charge is 1.98. The lowest BCUT2D eigenvalue weighted by atomic mass is 10.3. The molecule has 0 unspecified atom stereocenters. The van der Waals surface area contributed by atoms with Crippen molar-refractivity contribution in [2.75, 3.05) is 0 Å². The highest BCUT2D eigenvalue weighted by molar-refractivity contribution is 7.13. The van der Waals surface area contributed by atoms with Gasteiger partial charge >= 0.3 is 0 Å². The highest BCUT2D eigenvalue weighted by atomic mass is 32.1. The van der Waals surface area contributed by atoms with Gasteiger partial charge in [0.2, 0.25) is 0 Å². The Bertz CT molecular complexity index is 332. The molecule has 1 nitrogen and oxygen atoms in total. The number of aromatic nitrogens is 1. The Morgan fingerprint density at radius 2 is 2.36 bits per heavy atom. The van der Waals surface area contributed by atoms with Gasteiger partial charge in [0.05, 0.1) is 10.6 Å². The fraction of sp³-hybridized carbons (Fsp3) is 0.111. The van der Waals surface area contributed by atoms with E-state index in [1.54, 1.807) is 11.3 Å². The van der Waals surface area contributed by atoms with Crippen LogP contribution in [0.15, 0.2) is 29.8 Å². The Balaban J connectivity index is 2.45. The molecule has 1 N–H and O–H groups in total. The Labute approximate surface area is 69.7 Å². The molecule has 0 spiro atoms. The first kappa shape index (κ1) is 6.68. The molecule has 2 aromatic rings. The Hall–Kier alpha value is -1.02. The average molecular weight is 163 g/mol. The van der Waals surface area contributed by atoms with E-state index in [0.717, 1.165) is 0 Å². The zero-order valence-corrected chi connectivity index (χ0v) is 7.11. The third-order valence-electron chi connectivity index (χ3n) is 1.61. The summed E-state index contributed by atoms with van der Waals surface area (Å²) in [4.78, 5) is 4.52. The zero-order chi connectivity index (χ0) is 7.68. The summed E-state index contributed by atoms with van der Waals surface area (Å²) in [6.07, 6.45) is 2.02. The van der Waals surface area contributed by atoms with E-state index < -0.39 is 0 Å². The molecule has 0 saturated carbocycles. The summed E-state index contributed by atoms with van der Waals surface area (Å²) in [6.45, 7) is 2.09. The van der Waals surface area contributed by atoms with Crippen molar-refractivity contribution >= 4 is 11.3 Å². The first-order valence-electron chi connectivity index (χ1n) is 3.55. The van der Waals surface area contributed by atoms with E-state index >= 15 is 0 Å². The van der Waals surface area contributed by atoms with Gasteiger partial charge in [0, 0.05) is 6.20 Å². The van der Waals surface area contributed by atoms with Crippen LogP contribution in [0.2, 0.25) is 0 Å². The number of hydrogen-bond donors (Lipinski definition) is 1. The molecule has 11 heavy (non-hydrogen) atoms. The van der Waals surface area contributed by atoms with Gasteiger partial charge in [-0.1, -0.05) is 6.07 Å². The Morgan fingerprint density at radius 1 is 1.45 bits per heavy atom. The second kappa shape index (κ2) is 2.55. The van der Waals surface area contributed by atoms with E-state index in [0.29, 0.717) is 0 Å². The van der Waals surface area contributed by atoms with Crippen molar-refractivity contribution in [1.82, 2.24) is 4.98 Å². The molecule has 0 aromatic carbocycles. The smallest absolute Gasteiger partial charge is 0.0558 e. The van der Waals surface area contributed by atoms with E-state index in [4.69, 9.17) is 0 Å². The van der Waals surface area contributed by atoms with Crippen molar-refractivity contribution in [3.8, 4) is 10.6 Å². The van der Waals surface area contributed by atoms with E-state index in [1.807, 2.05) is 6.20 Å². The summed E-state index contributed by atoms with van der Waals surface area (Å²) in [5, 5.41) is 2.09. The summed E-state index contributed by atoms with van der Waals surface area (Å²) < 4.78 is 0. The molecule has 0 atom stereocenters. The van der Waals surface area contributed by atoms with E-state index in [9.17, 15) is 0 Å². The molecule has 0 saturated heterocycles. The molecule has 2 aromatic heterocycles. The lowest BCUT2D eigenvalue weighted by molar-refractivity contribution is 1.39. The van der Waals surface area contributed by atoms with Crippen LogP contribution in [-0.2, 0) is 0 Å². The summed E-state index contributed by atoms with van der Waals surface area (Å²) in [5.41, 5.74) is 2.51. The molecule has 0 radical (unpaired) electrons. The molecule has 0 fully saturated rings. The second-order valence-corrected chi connectivity index (χ2v) is 3.52. The molecule has 0 aliphatic rings. The molecule has 2 heterocycles. The van der Waals surface area contributed by atoms with Gasteiger partial charge in [0.25, 0.3) is 0 Å². The maximum atomic E-state index is 3.22. The summed E-state index contributed by atoms with van der Waals surface area (Å²) in [5.74, 6) is 0. The maximum absolute atomic E-state index is 3.22. The Morgan fingerprint density at radius 3 is 2.91 bits per heavy atom. The van der Waals surface area contributed by atoms with Crippen LogP contribution >= 0.6 is 11.3 Å². The first-order valence-corrected chi connectivity index (χ1v) is 4.43. The predicted molar refractivity (Wildman–Crippen MR) is 48.8 cm³/mol. The number of thiophene rings is 1. The van der Waals surface area contributed by atoms with Crippen LogP contribution in [0.4, 0.5) is 0 Å². The number of H-pyrrole nitrogens is 1. The predicted octanol–water partition coefficient (Wildman–Crippen LogP) is 3.05. The van der Waals surface area contributed by atoms with Crippen LogP contribution in [-0.4, -0.2) is 4.98 Å². The van der Waals surface area contributed by atoms with Crippen LogP contribution in [0.5, 0.6) is 0 Å². The molecule has 0 amide bonds. The van der Waals surface area contributed by atoms with Crippen molar-refractivity contribution in [1.29, 1.82) is 0 Å². The minimum absolute atomic E-state index is 1.22. The maximum Gasteiger partial charge on any atom is 0.0558 e. The molecule has 2 rings (SSSR count). The van der Waals surface area contributed by atoms with Crippen molar-refractivity contribution in [2.24, 2.45) is 0 Å². The third-order valence-corrected chi connectivity index (χ3v) is 2.52. The highest BCUT2D eigenvalue weighted by Crippen LogP contribution is 2.23. The van der Waals surface area contributed by atoms with Gasteiger partial charge in [0.15, 0.2) is 0 Å². The number of hydrogen-bond acceptors (Lipinski definition) is 1. The van der Waals surface area contributed by atoms with Crippen LogP contribution in [0.1, 0.15) is 5.56 Å². The van der Waals surface area contributed by atoms with Crippen molar-refractivity contribution in [3.05, 3.63) is 35.3 Å². The standard InChI is InChI=1S/C9H9NS/c1-7-5-8(10-6-7)9-3-2-4-11-9/h2-6,10H,1H3. The quantitative estimate of drug-likeness (QED) is 0.665. The van der Waals surface area contributed by atoms with Gasteiger partial charge in [-0.15, -0.1) is 11.3 Å². The van der Waals surface area contributed by atoms with Gasteiger partial charge in [-0.05, 0) is 30.0 Å². The van der Waals surface area contributed by atoms with Gasteiger partial charge in [-0.2, -0.15) is 0 Å². The lowest BCUT2D eigenvalue weighted by Gasteiger charge is -1.87. The van der Waals surface area contributed by atoms with Gasteiger partial charge in [0.1, 0.15) is 0 Å². The third kappa shape index (κ3) is 1.21. The second-order valence-electron chi connectivity index (χ2n) is 2.57. The number of rotatable bonds is 1. The van der Waals surface area contributed by atoms with Crippen LogP contribution in [0.25, 0.3) is 10.6 Å². The summed E-state index contributed by atoms with van der Waals surface area (Å²) in [7, 11) is 0. The SMILES string of the molecule is Cc1c[nH]c(-c2cccs2)c1. The average Bonchev–Trinajstić information content (AvgIpc) is 2.55. The Kier molecular flexibility index (Phi) is 1.55. The normalized spacial score (nSPS) is 10.3. The lowest BCUT2D eigenvalue weighted by Crippen LogP contribution is -1.65. The molecular weight excluding hydrogens is 154 g/mol. The molecular formula is C9H9NS. The monoisotopic (exact) mass is 163 g/mol. The topological polar surface area (TPSA) is 15.8 Å². The zero-order valence-electron chi connectivity index (χ0n) is 6.29. The minimum atomic E-state index is 1.22. The van der Waals surface area contributed by atoms with Crippen LogP contribution < -0.4 is 0 Å². The van der Waals surface area contributed by atoms with Crippen molar-refractivity contribution in [3.63, 3.8) is 0 Å². The van der Waals surface area contributed by atoms with E-state index in [-0.39, 0.29) is 0 Å². The van der Waals surface area contributed by atoms with Gasteiger partial charge in [-0.25, -0.2) is 0 Å². The fourth-order valence-corrected chi connectivity index (χ4v) is 1.78. The van der Waals surface area contributed by atoms with E-state index in [1.165, 1.54) is 16.1 Å². The van der Waals surface area contributed by atoms with Gasteiger partial charge in [-0.3, -0.25) is 0 Å². The largest absolute Gasteiger partial charge is 0.360 e. The van der Waals surface area contributed by atoms with Gasteiger partial charge < -0.3 is 4.98 Å². The molecule has 0 bridgehead atoms. The number of aryl methyl sites for hydroxylation is 1. The first-order chi connectivity index (χ1) is 5.36. The number of aromatic amines is 1. The number of nitrogens with one attached hydrogen (secondary N) is 1. The van der Waals surface area contributed by atoms with Crippen molar-refractivity contribution < 1.29 is 0 Å². The van der Waals surface area contributed by atoms with E-state index in [2.05, 4.69) is 35.5 Å². The molecule has 0 aliphatic heterocycles. The molecule has 0 aliphatic carbocycles. The molecule has 56 valence electrons. The van der Waals surface area contributed by atoms with Crippen LogP contribution in [0, 0.1) is 6.92 Å². The summed E-state index contributed by atoms with van der Waals surface area (Å²) in [6, 6.07) is 6.35. The molecule has 2 heteroatoms. The fourth-order valence-electron chi connectivity index (χ4n) is 1.08.